The van der Waals surface area contributed by atoms with Crippen molar-refractivity contribution in [2.75, 3.05) is 45.4 Å². The van der Waals surface area contributed by atoms with E-state index in [1.165, 1.54) is 0 Å². The molecule has 0 bridgehead atoms. The summed E-state index contributed by atoms with van der Waals surface area (Å²) in [6.07, 6.45) is 2.69. The van der Waals surface area contributed by atoms with Crippen molar-refractivity contribution >= 4 is 17.3 Å². The van der Waals surface area contributed by atoms with Crippen molar-refractivity contribution < 1.29 is 9.47 Å². The van der Waals surface area contributed by atoms with E-state index in [1.807, 2.05) is 12.1 Å². The Hall–Kier alpha value is -0.840. The predicted octanol–water partition coefficient (Wildman–Crippen LogP) is 2.22. The van der Waals surface area contributed by atoms with Crippen LogP contribution in [-0.4, -0.2) is 45.5 Å². The Morgan fingerprint density at radius 1 is 1.24 bits per heavy atom. The highest BCUT2D eigenvalue weighted by molar-refractivity contribution is 6.29. The molecule has 0 atom stereocenters. The smallest absolute Gasteiger partial charge is 0.131 e. The second-order valence-corrected chi connectivity index (χ2v) is 4.05. The lowest BCUT2D eigenvalue weighted by atomic mass is 10.3. The predicted molar refractivity (Wildman–Crippen MR) is 69.8 cm³/mol. The van der Waals surface area contributed by atoms with Crippen molar-refractivity contribution in [1.29, 1.82) is 0 Å². The summed E-state index contributed by atoms with van der Waals surface area (Å²) in [4.78, 5) is 6.20. The van der Waals surface area contributed by atoms with Crippen molar-refractivity contribution in [1.82, 2.24) is 4.98 Å². The molecule has 0 N–H and O–H groups in total. The van der Waals surface area contributed by atoms with Gasteiger partial charge < -0.3 is 14.4 Å². The van der Waals surface area contributed by atoms with E-state index in [2.05, 4.69) is 9.88 Å². The van der Waals surface area contributed by atoms with E-state index in [4.69, 9.17) is 21.1 Å². The summed E-state index contributed by atoms with van der Waals surface area (Å²) in [5.74, 6) is 0. The summed E-state index contributed by atoms with van der Waals surface area (Å²) >= 11 is 5.89. The molecule has 0 aliphatic heterocycles. The van der Waals surface area contributed by atoms with Crippen LogP contribution in [0.3, 0.4) is 0 Å². The Balaban J connectivity index is 2.60. The van der Waals surface area contributed by atoms with E-state index in [-0.39, 0.29) is 0 Å². The first-order chi connectivity index (χ1) is 8.27. The van der Waals surface area contributed by atoms with Gasteiger partial charge in [-0.2, -0.15) is 0 Å². The van der Waals surface area contributed by atoms with Crippen molar-refractivity contribution in [3.8, 4) is 0 Å². The molecule has 17 heavy (non-hydrogen) atoms. The number of ether oxygens (including phenoxy) is 2. The summed E-state index contributed by atoms with van der Waals surface area (Å²) in [6, 6.07) is 3.82. The number of hydrogen-bond donors (Lipinski definition) is 0. The quantitative estimate of drug-likeness (QED) is 0.529. The first-order valence-electron chi connectivity index (χ1n) is 5.62. The maximum Gasteiger partial charge on any atom is 0.131 e. The molecule has 0 unspecified atom stereocenters. The molecule has 1 aromatic heterocycles. The first kappa shape index (κ1) is 14.2. The van der Waals surface area contributed by atoms with Crippen LogP contribution in [0.1, 0.15) is 6.42 Å². The average Bonchev–Trinajstić information content (AvgIpc) is 2.33. The molecule has 96 valence electrons. The number of aromatic nitrogens is 1. The molecule has 0 saturated carbocycles. The van der Waals surface area contributed by atoms with E-state index >= 15 is 0 Å². The summed E-state index contributed by atoms with van der Waals surface area (Å²) in [5, 5.41) is 0.511. The summed E-state index contributed by atoms with van der Waals surface area (Å²) < 4.78 is 10.2. The maximum absolute atomic E-state index is 5.89. The Labute approximate surface area is 107 Å². The Bertz CT molecular complexity index is 323. The first-order valence-corrected chi connectivity index (χ1v) is 6.00. The summed E-state index contributed by atoms with van der Waals surface area (Å²) in [7, 11) is 3.41. The van der Waals surface area contributed by atoms with Gasteiger partial charge in [0.15, 0.2) is 0 Å². The largest absolute Gasteiger partial charge is 0.385 e. The van der Waals surface area contributed by atoms with Crippen LogP contribution in [0, 0.1) is 0 Å². The number of hydrogen-bond acceptors (Lipinski definition) is 4. The zero-order valence-electron chi connectivity index (χ0n) is 10.4. The minimum Gasteiger partial charge on any atom is -0.385 e. The Morgan fingerprint density at radius 2 is 2.00 bits per heavy atom. The minimum atomic E-state index is 0.511. The van der Waals surface area contributed by atoms with Crippen LogP contribution < -0.4 is 4.90 Å². The zero-order valence-corrected chi connectivity index (χ0v) is 11.1. The molecule has 0 radical (unpaired) electrons. The second kappa shape index (κ2) is 8.28. The van der Waals surface area contributed by atoms with Gasteiger partial charge in [0.1, 0.15) is 5.15 Å². The molecular weight excluding hydrogens is 240 g/mol. The van der Waals surface area contributed by atoms with Gasteiger partial charge in [0.25, 0.3) is 0 Å². The molecular formula is C12H19ClN2O2. The van der Waals surface area contributed by atoms with E-state index in [0.29, 0.717) is 11.8 Å². The molecule has 0 saturated heterocycles. The monoisotopic (exact) mass is 258 g/mol. The van der Waals surface area contributed by atoms with Crippen molar-refractivity contribution in [3.63, 3.8) is 0 Å². The van der Waals surface area contributed by atoms with Crippen LogP contribution in [-0.2, 0) is 9.47 Å². The lowest BCUT2D eigenvalue weighted by Crippen LogP contribution is -2.29. The van der Waals surface area contributed by atoms with E-state index in [9.17, 15) is 0 Å². The average molecular weight is 259 g/mol. The number of methoxy groups -OCH3 is 2. The fourth-order valence-corrected chi connectivity index (χ4v) is 1.73. The van der Waals surface area contributed by atoms with Crippen LogP contribution in [0.2, 0.25) is 5.15 Å². The van der Waals surface area contributed by atoms with E-state index in [1.54, 1.807) is 20.4 Å². The summed E-state index contributed by atoms with van der Waals surface area (Å²) in [6.45, 7) is 3.19. The van der Waals surface area contributed by atoms with Crippen LogP contribution in [0.25, 0.3) is 0 Å². The highest BCUT2D eigenvalue weighted by Gasteiger charge is 2.06. The van der Waals surface area contributed by atoms with Gasteiger partial charge in [0.2, 0.25) is 0 Å². The Morgan fingerprint density at radius 3 is 2.65 bits per heavy atom. The van der Waals surface area contributed by atoms with Crippen molar-refractivity contribution in [3.05, 3.63) is 23.5 Å². The van der Waals surface area contributed by atoms with Crippen molar-refractivity contribution in [2.45, 2.75) is 6.42 Å². The van der Waals surface area contributed by atoms with E-state index < -0.39 is 0 Å². The third kappa shape index (κ3) is 5.35. The zero-order chi connectivity index (χ0) is 12.5. The molecule has 5 heteroatoms. The lowest BCUT2D eigenvalue weighted by molar-refractivity contribution is 0.191. The SMILES string of the molecule is COCCCN(CCOC)c1ccnc(Cl)c1. The van der Waals surface area contributed by atoms with Gasteiger partial charge in [-0.25, -0.2) is 4.98 Å². The molecule has 0 aliphatic rings. The second-order valence-electron chi connectivity index (χ2n) is 3.66. The van der Waals surface area contributed by atoms with Gasteiger partial charge in [-0.1, -0.05) is 11.6 Å². The minimum absolute atomic E-state index is 0.511. The number of anilines is 1. The third-order valence-electron chi connectivity index (χ3n) is 2.42. The van der Waals surface area contributed by atoms with Crippen LogP contribution in [0.4, 0.5) is 5.69 Å². The number of nitrogens with zero attached hydrogens (tertiary/aromatic N) is 2. The molecule has 0 amide bonds. The van der Waals surface area contributed by atoms with Crippen molar-refractivity contribution in [2.24, 2.45) is 0 Å². The Kier molecular flexibility index (Phi) is 6.93. The topological polar surface area (TPSA) is 34.6 Å². The molecule has 0 spiro atoms. The third-order valence-corrected chi connectivity index (χ3v) is 2.62. The molecule has 0 aliphatic carbocycles. The molecule has 1 heterocycles. The number of pyridine rings is 1. The van der Waals surface area contributed by atoms with E-state index in [0.717, 1.165) is 31.8 Å². The van der Waals surface area contributed by atoms with Gasteiger partial charge in [-0.05, 0) is 18.6 Å². The fraction of sp³-hybridized carbons (Fsp3) is 0.583. The number of halogens is 1. The molecule has 4 nitrogen and oxygen atoms in total. The molecule has 0 fully saturated rings. The van der Waals surface area contributed by atoms with Gasteiger partial charge in [-0.3, -0.25) is 0 Å². The normalized spacial score (nSPS) is 10.5. The highest BCUT2D eigenvalue weighted by Crippen LogP contribution is 2.17. The van der Waals surface area contributed by atoms with Crippen LogP contribution >= 0.6 is 11.6 Å². The molecule has 1 aromatic rings. The fourth-order valence-electron chi connectivity index (χ4n) is 1.56. The molecule has 0 aromatic carbocycles. The van der Waals surface area contributed by atoms with Gasteiger partial charge in [-0.15, -0.1) is 0 Å². The summed E-state index contributed by atoms with van der Waals surface area (Å²) in [5.41, 5.74) is 1.07. The van der Waals surface area contributed by atoms with Gasteiger partial charge in [0, 0.05) is 45.8 Å². The van der Waals surface area contributed by atoms with Gasteiger partial charge >= 0.3 is 0 Å². The molecule has 1 rings (SSSR count). The lowest BCUT2D eigenvalue weighted by Gasteiger charge is -2.24. The highest BCUT2D eigenvalue weighted by atomic mass is 35.5. The van der Waals surface area contributed by atoms with Crippen LogP contribution in [0.5, 0.6) is 0 Å². The standard InChI is InChI=1S/C12H19ClN2O2/c1-16-8-3-6-15(7-9-17-2)11-4-5-14-12(13)10-11/h4-5,10H,3,6-9H2,1-2H3. The van der Waals surface area contributed by atoms with Gasteiger partial charge in [0.05, 0.1) is 6.61 Å². The number of rotatable bonds is 8. The van der Waals surface area contributed by atoms with Crippen LogP contribution in [0.15, 0.2) is 18.3 Å². The maximum atomic E-state index is 5.89.